The number of hydrogen-bond acceptors (Lipinski definition) is 2. The van der Waals surface area contributed by atoms with Crippen LogP contribution in [0.25, 0.3) is 0 Å². The Kier molecular flexibility index (Phi) is 2.73. The molecule has 1 aromatic rings. The van der Waals surface area contributed by atoms with Gasteiger partial charge in [0.05, 0.1) is 7.11 Å². The predicted molar refractivity (Wildman–Crippen MR) is 57.8 cm³/mol. The summed E-state index contributed by atoms with van der Waals surface area (Å²) in [5.41, 5.74) is 1.34. The van der Waals surface area contributed by atoms with E-state index in [9.17, 15) is 0 Å². The van der Waals surface area contributed by atoms with Gasteiger partial charge in [-0.2, -0.15) is 0 Å². The van der Waals surface area contributed by atoms with Gasteiger partial charge in [-0.3, -0.25) is 0 Å². The van der Waals surface area contributed by atoms with Crippen LogP contribution >= 0.6 is 0 Å². The first-order chi connectivity index (χ1) is 6.81. The van der Waals surface area contributed by atoms with Gasteiger partial charge < -0.3 is 10.1 Å². The maximum absolute atomic E-state index is 5.37. The molecule has 0 unspecified atom stereocenters. The van der Waals surface area contributed by atoms with Crippen molar-refractivity contribution in [1.82, 2.24) is 5.32 Å². The molecule has 0 aromatic heterocycles. The van der Waals surface area contributed by atoms with E-state index in [1.165, 1.54) is 12.0 Å². The van der Waals surface area contributed by atoms with Crippen LogP contribution in [0.5, 0.6) is 5.75 Å². The summed E-state index contributed by atoms with van der Waals surface area (Å²) in [6.45, 7) is 3.30. The van der Waals surface area contributed by atoms with E-state index in [2.05, 4.69) is 24.4 Å². The van der Waals surface area contributed by atoms with Crippen molar-refractivity contribution in [3.8, 4) is 5.75 Å². The Bertz CT molecular complexity index is 311. The van der Waals surface area contributed by atoms with Crippen LogP contribution in [-0.4, -0.2) is 19.7 Å². The Morgan fingerprint density at radius 1 is 1.36 bits per heavy atom. The van der Waals surface area contributed by atoms with Gasteiger partial charge >= 0.3 is 0 Å². The molecule has 2 nitrogen and oxygen atoms in total. The average molecular weight is 191 g/mol. The lowest BCUT2D eigenvalue weighted by Crippen LogP contribution is -2.16. The minimum Gasteiger partial charge on any atom is -0.496 e. The van der Waals surface area contributed by atoms with Crippen molar-refractivity contribution < 1.29 is 4.74 Å². The van der Waals surface area contributed by atoms with E-state index < -0.39 is 0 Å². The van der Waals surface area contributed by atoms with Gasteiger partial charge in [0, 0.05) is 18.5 Å². The van der Waals surface area contributed by atoms with Crippen LogP contribution in [0.15, 0.2) is 24.3 Å². The number of benzene rings is 1. The molecule has 1 aliphatic rings. The quantitative estimate of drug-likeness (QED) is 0.773. The van der Waals surface area contributed by atoms with Crippen molar-refractivity contribution in [3.05, 3.63) is 29.8 Å². The lowest BCUT2D eigenvalue weighted by molar-refractivity contribution is 0.406. The first kappa shape index (κ1) is 9.53. The highest BCUT2D eigenvalue weighted by atomic mass is 16.5. The highest BCUT2D eigenvalue weighted by Crippen LogP contribution is 2.31. The Balaban J connectivity index is 2.22. The van der Waals surface area contributed by atoms with Crippen LogP contribution in [0.4, 0.5) is 0 Å². The number of rotatable bonds is 2. The molecule has 2 rings (SSSR count). The van der Waals surface area contributed by atoms with Crippen molar-refractivity contribution in [2.45, 2.75) is 25.3 Å². The van der Waals surface area contributed by atoms with Gasteiger partial charge in [0.2, 0.25) is 0 Å². The molecular weight excluding hydrogens is 174 g/mol. The molecule has 14 heavy (non-hydrogen) atoms. The average Bonchev–Trinajstić information content (AvgIpc) is 2.65. The maximum Gasteiger partial charge on any atom is 0.122 e. The Morgan fingerprint density at radius 3 is 2.79 bits per heavy atom. The van der Waals surface area contributed by atoms with Gasteiger partial charge in [0.15, 0.2) is 0 Å². The van der Waals surface area contributed by atoms with Gasteiger partial charge in [0.1, 0.15) is 5.75 Å². The second kappa shape index (κ2) is 4.01. The summed E-state index contributed by atoms with van der Waals surface area (Å²) in [7, 11) is 1.74. The molecule has 1 N–H and O–H groups in total. The smallest absolute Gasteiger partial charge is 0.122 e. The highest BCUT2D eigenvalue weighted by molar-refractivity contribution is 5.37. The van der Waals surface area contributed by atoms with E-state index in [-0.39, 0.29) is 0 Å². The van der Waals surface area contributed by atoms with Gasteiger partial charge in [-0.25, -0.2) is 0 Å². The largest absolute Gasteiger partial charge is 0.496 e. The number of nitrogens with one attached hydrogen (secondary N) is 1. The fraction of sp³-hybridized carbons (Fsp3) is 0.500. The van der Waals surface area contributed by atoms with E-state index in [0.717, 1.165) is 12.3 Å². The number of hydrogen-bond donors (Lipinski definition) is 1. The SMILES string of the molecule is COc1ccccc1[C@H]1CN[C@@H](C)C1. The molecule has 0 amide bonds. The third-order valence-corrected chi connectivity index (χ3v) is 2.93. The lowest BCUT2D eigenvalue weighted by atomic mass is 9.96. The molecule has 1 aromatic carbocycles. The maximum atomic E-state index is 5.37. The molecule has 1 saturated heterocycles. The summed E-state index contributed by atoms with van der Waals surface area (Å²) >= 11 is 0. The molecule has 1 fully saturated rings. The topological polar surface area (TPSA) is 21.3 Å². The molecule has 0 spiro atoms. The molecule has 0 radical (unpaired) electrons. The Morgan fingerprint density at radius 2 is 2.14 bits per heavy atom. The molecule has 2 atom stereocenters. The fourth-order valence-electron chi connectivity index (χ4n) is 2.18. The van der Waals surface area contributed by atoms with Gasteiger partial charge in [-0.05, 0) is 25.0 Å². The van der Waals surface area contributed by atoms with Crippen molar-refractivity contribution in [2.75, 3.05) is 13.7 Å². The Labute approximate surface area is 85.3 Å². The molecule has 0 bridgehead atoms. The second-order valence-corrected chi connectivity index (χ2v) is 3.98. The van der Waals surface area contributed by atoms with E-state index >= 15 is 0 Å². The molecule has 2 heteroatoms. The summed E-state index contributed by atoms with van der Waals surface area (Å²) in [4.78, 5) is 0. The first-order valence-corrected chi connectivity index (χ1v) is 5.17. The third-order valence-electron chi connectivity index (χ3n) is 2.93. The number of methoxy groups -OCH3 is 1. The fourth-order valence-corrected chi connectivity index (χ4v) is 2.18. The van der Waals surface area contributed by atoms with Gasteiger partial charge in [-0.1, -0.05) is 18.2 Å². The molecule has 0 saturated carbocycles. The summed E-state index contributed by atoms with van der Waals surface area (Å²) in [5.74, 6) is 1.63. The van der Waals surface area contributed by atoms with E-state index in [1.807, 2.05) is 12.1 Å². The van der Waals surface area contributed by atoms with E-state index in [0.29, 0.717) is 12.0 Å². The standard InChI is InChI=1S/C12H17NO/c1-9-7-10(8-13-9)11-5-3-4-6-12(11)14-2/h3-6,9-10,13H,7-8H2,1-2H3/t9-,10+/m0/s1. The molecule has 76 valence electrons. The number of para-hydroxylation sites is 1. The number of ether oxygens (including phenoxy) is 1. The normalized spacial score (nSPS) is 26.4. The molecule has 1 aliphatic heterocycles. The van der Waals surface area contributed by atoms with Crippen LogP contribution in [0.3, 0.4) is 0 Å². The van der Waals surface area contributed by atoms with Crippen LogP contribution in [0.1, 0.15) is 24.8 Å². The van der Waals surface area contributed by atoms with Crippen molar-refractivity contribution in [1.29, 1.82) is 0 Å². The molecule has 1 heterocycles. The minimum absolute atomic E-state index is 0.612. The van der Waals surface area contributed by atoms with Crippen LogP contribution in [0.2, 0.25) is 0 Å². The van der Waals surface area contributed by atoms with Crippen LogP contribution in [-0.2, 0) is 0 Å². The summed E-state index contributed by atoms with van der Waals surface area (Å²) in [6, 6.07) is 8.95. The zero-order valence-corrected chi connectivity index (χ0v) is 8.79. The summed E-state index contributed by atoms with van der Waals surface area (Å²) in [5, 5.41) is 3.46. The van der Waals surface area contributed by atoms with Gasteiger partial charge in [-0.15, -0.1) is 0 Å². The Hall–Kier alpha value is -1.02. The van der Waals surface area contributed by atoms with Gasteiger partial charge in [0.25, 0.3) is 0 Å². The highest BCUT2D eigenvalue weighted by Gasteiger charge is 2.24. The zero-order chi connectivity index (χ0) is 9.97. The monoisotopic (exact) mass is 191 g/mol. The van der Waals surface area contributed by atoms with E-state index in [1.54, 1.807) is 7.11 Å². The summed E-state index contributed by atoms with van der Waals surface area (Å²) in [6.07, 6.45) is 1.21. The first-order valence-electron chi connectivity index (χ1n) is 5.17. The van der Waals surface area contributed by atoms with Crippen molar-refractivity contribution in [2.24, 2.45) is 0 Å². The minimum atomic E-state index is 0.612. The van der Waals surface area contributed by atoms with Crippen molar-refractivity contribution in [3.63, 3.8) is 0 Å². The predicted octanol–water partition coefficient (Wildman–Crippen LogP) is 2.16. The summed E-state index contributed by atoms with van der Waals surface area (Å²) < 4.78 is 5.37. The second-order valence-electron chi connectivity index (χ2n) is 3.98. The van der Waals surface area contributed by atoms with Crippen LogP contribution < -0.4 is 10.1 Å². The van der Waals surface area contributed by atoms with Crippen LogP contribution in [0, 0.1) is 0 Å². The third kappa shape index (κ3) is 1.75. The van der Waals surface area contributed by atoms with Crippen molar-refractivity contribution >= 4 is 0 Å². The molecule has 0 aliphatic carbocycles. The lowest BCUT2D eigenvalue weighted by Gasteiger charge is -2.13. The zero-order valence-electron chi connectivity index (χ0n) is 8.79. The van der Waals surface area contributed by atoms with E-state index in [4.69, 9.17) is 4.74 Å². The molecular formula is C12H17NO.